The SMILES string of the molecule is CCCNC(=O)[C@H](C)N(Cc1ccc(Cl)cc1)C(=O)CN(c1ccc(CC)cc1)S(=O)(=O)c1ccccc1. The van der Waals surface area contributed by atoms with Gasteiger partial charge in [0, 0.05) is 18.1 Å². The zero-order valence-corrected chi connectivity index (χ0v) is 23.5. The molecule has 0 saturated heterocycles. The largest absolute Gasteiger partial charge is 0.354 e. The Labute approximate surface area is 230 Å². The third-order valence-electron chi connectivity index (χ3n) is 6.23. The lowest BCUT2D eigenvalue weighted by Gasteiger charge is -2.32. The molecule has 0 heterocycles. The van der Waals surface area contributed by atoms with Crippen LogP contribution in [0.25, 0.3) is 0 Å². The normalized spacial score (nSPS) is 12.0. The summed E-state index contributed by atoms with van der Waals surface area (Å²) < 4.78 is 28.6. The van der Waals surface area contributed by atoms with Gasteiger partial charge in [0.15, 0.2) is 0 Å². The first-order valence-electron chi connectivity index (χ1n) is 12.7. The van der Waals surface area contributed by atoms with Gasteiger partial charge in [-0.2, -0.15) is 0 Å². The first-order chi connectivity index (χ1) is 18.2. The maximum atomic E-state index is 13.8. The summed E-state index contributed by atoms with van der Waals surface area (Å²) in [5.41, 5.74) is 2.18. The van der Waals surface area contributed by atoms with Crippen LogP contribution in [0.2, 0.25) is 5.02 Å². The van der Waals surface area contributed by atoms with Crippen LogP contribution >= 0.6 is 11.6 Å². The van der Waals surface area contributed by atoms with E-state index in [1.54, 1.807) is 61.5 Å². The van der Waals surface area contributed by atoms with E-state index in [4.69, 9.17) is 11.6 Å². The van der Waals surface area contributed by atoms with Gasteiger partial charge in [0.25, 0.3) is 10.0 Å². The Kier molecular flexibility index (Phi) is 10.3. The van der Waals surface area contributed by atoms with Crippen molar-refractivity contribution in [3.05, 3.63) is 95.0 Å². The summed E-state index contributed by atoms with van der Waals surface area (Å²) in [5, 5.41) is 3.38. The minimum absolute atomic E-state index is 0.0744. The highest BCUT2D eigenvalue weighted by atomic mass is 35.5. The fourth-order valence-electron chi connectivity index (χ4n) is 3.91. The van der Waals surface area contributed by atoms with Crippen molar-refractivity contribution in [1.82, 2.24) is 10.2 Å². The van der Waals surface area contributed by atoms with Gasteiger partial charge < -0.3 is 10.2 Å². The maximum absolute atomic E-state index is 13.8. The average molecular weight is 556 g/mol. The monoisotopic (exact) mass is 555 g/mol. The molecule has 38 heavy (non-hydrogen) atoms. The molecule has 1 atom stereocenters. The number of nitrogens with zero attached hydrogens (tertiary/aromatic N) is 2. The summed E-state index contributed by atoms with van der Waals surface area (Å²) in [5.74, 6) is -0.808. The molecular formula is C29H34ClN3O4S. The Morgan fingerprint density at radius 2 is 1.50 bits per heavy atom. The van der Waals surface area contributed by atoms with Gasteiger partial charge in [-0.05, 0) is 67.3 Å². The van der Waals surface area contributed by atoms with Crippen molar-refractivity contribution < 1.29 is 18.0 Å². The first kappa shape index (κ1) is 29.2. The van der Waals surface area contributed by atoms with Crippen molar-refractivity contribution >= 4 is 39.1 Å². The lowest BCUT2D eigenvalue weighted by Crippen LogP contribution is -2.51. The van der Waals surface area contributed by atoms with E-state index in [1.807, 2.05) is 26.0 Å². The van der Waals surface area contributed by atoms with Crippen molar-refractivity contribution in [3.8, 4) is 0 Å². The van der Waals surface area contributed by atoms with Crippen molar-refractivity contribution in [2.75, 3.05) is 17.4 Å². The number of amides is 2. The van der Waals surface area contributed by atoms with E-state index in [9.17, 15) is 18.0 Å². The van der Waals surface area contributed by atoms with Gasteiger partial charge in [-0.15, -0.1) is 0 Å². The molecule has 0 saturated carbocycles. The predicted octanol–water partition coefficient (Wildman–Crippen LogP) is 5.04. The third-order valence-corrected chi connectivity index (χ3v) is 8.27. The van der Waals surface area contributed by atoms with E-state index >= 15 is 0 Å². The molecule has 0 radical (unpaired) electrons. The fourth-order valence-corrected chi connectivity index (χ4v) is 5.47. The second-order valence-corrected chi connectivity index (χ2v) is 11.3. The number of benzene rings is 3. The maximum Gasteiger partial charge on any atom is 0.264 e. The lowest BCUT2D eigenvalue weighted by atomic mass is 10.1. The van der Waals surface area contributed by atoms with E-state index in [0.29, 0.717) is 17.3 Å². The van der Waals surface area contributed by atoms with E-state index in [-0.39, 0.29) is 17.3 Å². The average Bonchev–Trinajstić information content (AvgIpc) is 2.94. The molecule has 0 spiro atoms. The topological polar surface area (TPSA) is 86.8 Å². The molecule has 3 rings (SSSR count). The minimum Gasteiger partial charge on any atom is -0.354 e. The van der Waals surface area contributed by atoms with Gasteiger partial charge >= 0.3 is 0 Å². The highest BCUT2D eigenvalue weighted by molar-refractivity contribution is 7.92. The fraction of sp³-hybridized carbons (Fsp3) is 0.310. The Morgan fingerprint density at radius 1 is 0.895 bits per heavy atom. The van der Waals surface area contributed by atoms with Gasteiger partial charge in [-0.3, -0.25) is 13.9 Å². The standard InChI is InChI=1S/C29H34ClN3O4S/c1-4-19-31-29(35)22(3)32(20-24-11-15-25(30)16-12-24)28(34)21-33(26-17-13-23(5-2)14-18-26)38(36,37)27-9-7-6-8-10-27/h6-18,22H,4-5,19-21H2,1-3H3,(H,31,35)/t22-/m0/s1. The van der Waals surface area contributed by atoms with Gasteiger partial charge in [-0.1, -0.05) is 67.9 Å². The number of carbonyl (C=O) groups is 2. The molecule has 0 aliphatic carbocycles. The van der Waals surface area contributed by atoms with Crippen LogP contribution in [0.3, 0.4) is 0 Å². The van der Waals surface area contributed by atoms with Crippen LogP contribution < -0.4 is 9.62 Å². The summed E-state index contributed by atoms with van der Waals surface area (Å²) in [6, 6.07) is 21.3. The number of halogens is 1. The molecule has 0 unspecified atom stereocenters. The zero-order chi connectivity index (χ0) is 27.7. The first-order valence-corrected chi connectivity index (χ1v) is 14.5. The van der Waals surface area contributed by atoms with Crippen molar-refractivity contribution in [2.24, 2.45) is 0 Å². The molecule has 0 aromatic heterocycles. The quantitative estimate of drug-likeness (QED) is 0.339. The Morgan fingerprint density at radius 3 is 2.08 bits per heavy atom. The number of nitrogens with one attached hydrogen (secondary N) is 1. The molecule has 0 aliphatic heterocycles. The number of hydrogen-bond donors (Lipinski definition) is 1. The number of sulfonamides is 1. The van der Waals surface area contributed by atoms with Crippen LogP contribution in [0.4, 0.5) is 5.69 Å². The van der Waals surface area contributed by atoms with E-state index in [2.05, 4.69) is 5.32 Å². The molecule has 0 aliphatic rings. The smallest absolute Gasteiger partial charge is 0.264 e. The number of carbonyl (C=O) groups excluding carboxylic acids is 2. The van der Waals surface area contributed by atoms with Crippen LogP contribution in [0.1, 0.15) is 38.3 Å². The van der Waals surface area contributed by atoms with Crippen molar-refractivity contribution in [1.29, 1.82) is 0 Å². The highest BCUT2D eigenvalue weighted by Crippen LogP contribution is 2.25. The van der Waals surface area contributed by atoms with Gasteiger partial charge in [0.05, 0.1) is 10.6 Å². The summed E-state index contributed by atoms with van der Waals surface area (Å²) in [6.45, 7) is 5.72. The Hall–Kier alpha value is -3.36. The Balaban J connectivity index is 2.00. The van der Waals surface area contributed by atoms with Crippen LogP contribution in [0.15, 0.2) is 83.8 Å². The highest BCUT2D eigenvalue weighted by Gasteiger charge is 2.32. The number of aryl methyl sites for hydroxylation is 1. The molecular weight excluding hydrogens is 522 g/mol. The summed E-state index contributed by atoms with van der Waals surface area (Å²) in [6.07, 6.45) is 1.55. The molecule has 0 bridgehead atoms. The predicted molar refractivity (Wildman–Crippen MR) is 152 cm³/mol. The van der Waals surface area contributed by atoms with Gasteiger partial charge in [-0.25, -0.2) is 8.42 Å². The summed E-state index contributed by atoms with van der Waals surface area (Å²) in [4.78, 5) is 28.2. The second kappa shape index (κ2) is 13.4. The molecule has 2 amide bonds. The molecule has 3 aromatic rings. The van der Waals surface area contributed by atoms with E-state index in [1.165, 1.54) is 17.0 Å². The van der Waals surface area contributed by atoms with E-state index in [0.717, 1.165) is 28.3 Å². The Bertz CT molecular complexity index is 1310. The van der Waals surface area contributed by atoms with Crippen LogP contribution in [-0.2, 0) is 32.6 Å². The lowest BCUT2D eigenvalue weighted by molar-refractivity contribution is -0.139. The minimum atomic E-state index is -4.07. The second-order valence-electron chi connectivity index (χ2n) is 8.96. The summed E-state index contributed by atoms with van der Waals surface area (Å²) in [7, 11) is -4.07. The van der Waals surface area contributed by atoms with Crippen LogP contribution in [-0.4, -0.2) is 44.3 Å². The summed E-state index contributed by atoms with van der Waals surface area (Å²) >= 11 is 6.03. The molecule has 202 valence electrons. The van der Waals surface area contributed by atoms with Crippen LogP contribution in [0, 0.1) is 0 Å². The zero-order valence-electron chi connectivity index (χ0n) is 21.9. The van der Waals surface area contributed by atoms with Gasteiger partial charge in [0.2, 0.25) is 11.8 Å². The molecule has 0 fully saturated rings. The number of hydrogen-bond acceptors (Lipinski definition) is 4. The molecule has 9 heteroatoms. The van der Waals surface area contributed by atoms with Crippen LogP contribution in [0.5, 0.6) is 0 Å². The molecule has 7 nitrogen and oxygen atoms in total. The number of anilines is 1. The van der Waals surface area contributed by atoms with Gasteiger partial charge in [0.1, 0.15) is 12.6 Å². The molecule has 3 aromatic carbocycles. The van der Waals surface area contributed by atoms with Crippen molar-refractivity contribution in [3.63, 3.8) is 0 Å². The number of rotatable bonds is 12. The van der Waals surface area contributed by atoms with Crippen molar-refractivity contribution in [2.45, 2.75) is 51.1 Å². The van der Waals surface area contributed by atoms with E-state index < -0.39 is 28.5 Å². The third kappa shape index (κ3) is 7.36. The molecule has 1 N–H and O–H groups in total.